The normalized spacial score (nSPS) is 26.4. The molecule has 1 fully saturated rings. The minimum Gasteiger partial charge on any atom is -0.482 e. The first-order valence-corrected chi connectivity index (χ1v) is 12.4. The lowest BCUT2D eigenvalue weighted by Crippen LogP contribution is -2.27. The Morgan fingerprint density at radius 1 is 1.25 bits per heavy atom. The summed E-state index contributed by atoms with van der Waals surface area (Å²) in [4.78, 5) is 12.0. The van der Waals surface area contributed by atoms with Crippen molar-refractivity contribution in [2.45, 2.75) is 90.4 Å². The third kappa shape index (κ3) is 6.35. The molecule has 0 spiro atoms. The number of carbonyl (C=O) groups excluding carboxylic acids is 1. The average molecular weight is 445 g/mol. The van der Waals surface area contributed by atoms with Crippen LogP contribution in [0.15, 0.2) is 30.4 Å². The van der Waals surface area contributed by atoms with Crippen LogP contribution in [0.1, 0.15) is 70.4 Å². The molecule has 0 radical (unpaired) electrons. The average Bonchev–Trinajstić information content (AvgIpc) is 3.08. The number of rotatable bonds is 11. The molecule has 6 atom stereocenters. The Morgan fingerprint density at radius 3 is 2.81 bits per heavy atom. The predicted octanol–water partition coefficient (Wildman–Crippen LogP) is 4.62. The van der Waals surface area contributed by atoms with E-state index in [2.05, 4.69) is 19.1 Å². The Morgan fingerprint density at radius 2 is 2.06 bits per heavy atom. The molecule has 3 rings (SSSR count). The molecule has 0 heterocycles. The van der Waals surface area contributed by atoms with Crippen LogP contribution in [0.4, 0.5) is 0 Å². The zero-order chi connectivity index (χ0) is 23.1. The summed E-state index contributed by atoms with van der Waals surface area (Å²) in [7, 11) is 0. The molecule has 0 amide bonds. The van der Waals surface area contributed by atoms with Gasteiger partial charge in [-0.2, -0.15) is 0 Å². The minimum absolute atomic E-state index is 0.0732. The van der Waals surface area contributed by atoms with Crippen LogP contribution >= 0.6 is 0 Å². The first-order valence-electron chi connectivity index (χ1n) is 12.4. The van der Waals surface area contributed by atoms with Gasteiger partial charge in [-0.1, -0.05) is 57.4 Å². The van der Waals surface area contributed by atoms with E-state index in [1.54, 1.807) is 0 Å². The number of ether oxygens (including phenoxy) is 2. The SMILES string of the molecule is CCCCC[C@H](O)/C=C/[C@@H]1[C@H]2Cc3cccc(OCC(=O)O[C@@H](C)CC)c3C[C@H]2C[C@H]1O. The molecular formula is C27H40O5. The predicted molar refractivity (Wildman–Crippen MR) is 126 cm³/mol. The lowest BCUT2D eigenvalue weighted by atomic mass is 9.74. The van der Waals surface area contributed by atoms with Crippen molar-refractivity contribution in [3.8, 4) is 5.75 Å². The summed E-state index contributed by atoms with van der Waals surface area (Å²) in [5, 5.41) is 21.0. The van der Waals surface area contributed by atoms with E-state index >= 15 is 0 Å². The molecule has 0 saturated heterocycles. The molecule has 0 aliphatic heterocycles. The van der Waals surface area contributed by atoms with Crippen LogP contribution < -0.4 is 4.74 Å². The van der Waals surface area contributed by atoms with E-state index in [9.17, 15) is 15.0 Å². The van der Waals surface area contributed by atoms with Crippen molar-refractivity contribution < 1.29 is 24.5 Å². The molecule has 2 aliphatic carbocycles. The van der Waals surface area contributed by atoms with E-state index in [1.807, 2.05) is 32.1 Å². The van der Waals surface area contributed by atoms with Gasteiger partial charge in [0, 0.05) is 5.92 Å². The molecule has 1 saturated carbocycles. The number of aliphatic hydroxyl groups is 2. The lowest BCUT2D eigenvalue weighted by molar-refractivity contribution is -0.150. The Labute approximate surface area is 192 Å². The maximum Gasteiger partial charge on any atom is 0.344 e. The Kier molecular flexibility index (Phi) is 9.18. The third-order valence-corrected chi connectivity index (χ3v) is 7.15. The maximum atomic E-state index is 12.0. The minimum atomic E-state index is -0.432. The fourth-order valence-electron chi connectivity index (χ4n) is 5.17. The molecular weight excluding hydrogens is 404 g/mol. The fourth-order valence-corrected chi connectivity index (χ4v) is 5.17. The van der Waals surface area contributed by atoms with E-state index in [1.165, 1.54) is 5.56 Å². The quantitative estimate of drug-likeness (QED) is 0.296. The monoisotopic (exact) mass is 444 g/mol. The van der Waals surface area contributed by atoms with Crippen molar-refractivity contribution in [1.82, 2.24) is 0 Å². The molecule has 0 unspecified atom stereocenters. The second-order valence-corrected chi connectivity index (χ2v) is 9.55. The maximum absolute atomic E-state index is 12.0. The van der Waals surface area contributed by atoms with Gasteiger partial charge in [0.25, 0.3) is 0 Å². The van der Waals surface area contributed by atoms with Crippen LogP contribution in [-0.4, -0.2) is 41.1 Å². The second-order valence-electron chi connectivity index (χ2n) is 9.55. The van der Waals surface area contributed by atoms with Gasteiger partial charge in [-0.25, -0.2) is 4.79 Å². The molecule has 0 aromatic heterocycles. The van der Waals surface area contributed by atoms with Gasteiger partial charge in [0.15, 0.2) is 6.61 Å². The second kappa shape index (κ2) is 11.9. The van der Waals surface area contributed by atoms with Crippen LogP contribution in [0.25, 0.3) is 0 Å². The van der Waals surface area contributed by atoms with Gasteiger partial charge in [-0.3, -0.25) is 0 Å². The van der Waals surface area contributed by atoms with Gasteiger partial charge in [0.1, 0.15) is 5.75 Å². The fraction of sp³-hybridized carbons (Fsp3) is 0.667. The number of benzene rings is 1. The third-order valence-electron chi connectivity index (χ3n) is 7.15. The van der Waals surface area contributed by atoms with Crippen LogP contribution in [0.2, 0.25) is 0 Å². The Hall–Kier alpha value is -1.85. The highest BCUT2D eigenvalue weighted by Gasteiger charge is 2.44. The van der Waals surface area contributed by atoms with E-state index in [-0.39, 0.29) is 30.7 Å². The van der Waals surface area contributed by atoms with Gasteiger partial charge >= 0.3 is 5.97 Å². The molecule has 5 nitrogen and oxygen atoms in total. The van der Waals surface area contributed by atoms with Crippen LogP contribution in [0, 0.1) is 17.8 Å². The molecule has 2 aliphatic rings. The van der Waals surface area contributed by atoms with E-state index in [4.69, 9.17) is 9.47 Å². The molecule has 1 aromatic carbocycles. The summed E-state index contributed by atoms with van der Waals surface area (Å²) in [6.07, 6.45) is 10.4. The Balaban J connectivity index is 1.63. The van der Waals surface area contributed by atoms with Crippen molar-refractivity contribution in [3.05, 3.63) is 41.5 Å². The number of carbonyl (C=O) groups is 1. The smallest absolute Gasteiger partial charge is 0.344 e. The number of fused-ring (bicyclic) bond motifs is 2. The number of hydrogen-bond acceptors (Lipinski definition) is 5. The summed E-state index contributed by atoms with van der Waals surface area (Å²) in [6.45, 7) is 5.93. The van der Waals surface area contributed by atoms with Crippen molar-refractivity contribution in [2.24, 2.45) is 17.8 Å². The number of unbranched alkanes of at least 4 members (excludes halogenated alkanes) is 2. The summed E-state index contributed by atoms with van der Waals surface area (Å²) < 4.78 is 11.2. The first-order chi connectivity index (χ1) is 15.4. The zero-order valence-electron chi connectivity index (χ0n) is 19.8. The van der Waals surface area contributed by atoms with Crippen molar-refractivity contribution in [3.63, 3.8) is 0 Å². The zero-order valence-corrected chi connectivity index (χ0v) is 19.8. The molecule has 1 aromatic rings. The van der Waals surface area contributed by atoms with Gasteiger partial charge < -0.3 is 19.7 Å². The topological polar surface area (TPSA) is 76.0 Å². The molecule has 5 heteroatoms. The first kappa shape index (κ1) is 24.8. The Bertz CT molecular complexity index is 773. The highest BCUT2D eigenvalue weighted by molar-refractivity contribution is 5.71. The van der Waals surface area contributed by atoms with Crippen LogP contribution in [-0.2, 0) is 22.4 Å². The lowest BCUT2D eigenvalue weighted by Gasteiger charge is -2.31. The van der Waals surface area contributed by atoms with Crippen molar-refractivity contribution in [2.75, 3.05) is 6.61 Å². The highest BCUT2D eigenvalue weighted by Crippen LogP contribution is 2.47. The summed E-state index contributed by atoms with van der Waals surface area (Å²) in [5.41, 5.74) is 2.39. The molecule has 2 N–H and O–H groups in total. The summed E-state index contributed by atoms with van der Waals surface area (Å²) >= 11 is 0. The number of hydrogen-bond donors (Lipinski definition) is 2. The van der Waals surface area contributed by atoms with E-state index in [0.29, 0.717) is 11.8 Å². The van der Waals surface area contributed by atoms with Gasteiger partial charge in [-0.15, -0.1) is 0 Å². The molecule has 178 valence electrons. The highest BCUT2D eigenvalue weighted by atomic mass is 16.6. The standard InChI is InChI=1S/C27H40O5/c1-4-6-7-10-21(28)12-13-22-23-14-19-9-8-11-26(24(19)15-20(23)16-25(22)29)31-17-27(30)32-18(3)5-2/h8-9,11-13,18,20-23,25,28-29H,4-7,10,14-17H2,1-3H3/b13-12+/t18-,20-,21-,22+,23-,25+/m0/s1. The number of esters is 1. The van der Waals surface area contributed by atoms with Crippen molar-refractivity contribution >= 4 is 5.97 Å². The largest absolute Gasteiger partial charge is 0.482 e. The van der Waals surface area contributed by atoms with Gasteiger partial charge in [0.05, 0.1) is 18.3 Å². The van der Waals surface area contributed by atoms with Gasteiger partial charge in [0.2, 0.25) is 0 Å². The molecule has 0 bridgehead atoms. The number of aliphatic hydroxyl groups excluding tert-OH is 2. The van der Waals surface area contributed by atoms with Crippen molar-refractivity contribution in [1.29, 1.82) is 0 Å². The van der Waals surface area contributed by atoms with Crippen LogP contribution in [0.5, 0.6) is 5.75 Å². The van der Waals surface area contributed by atoms with E-state index in [0.717, 1.165) is 62.7 Å². The van der Waals surface area contributed by atoms with E-state index < -0.39 is 6.10 Å². The van der Waals surface area contributed by atoms with Crippen LogP contribution in [0.3, 0.4) is 0 Å². The van der Waals surface area contributed by atoms with Gasteiger partial charge in [-0.05, 0) is 68.1 Å². The summed E-state index contributed by atoms with van der Waals surface area (Å²) in [6, 6.07) is 6.02. The molecule has 32 heavy (non-hydrogen) atoms. The summed E-state index contributed by atoms with van der Waals surface area (Å²) in [5.74, 6) is 1.22.